The molecule has 1 aliphatic rings. The van der Waals surface area contributed by atoms with Crippen LogP contribution in [0.25, 0.3) is 0 Å². The summed E-state index contributed by atoms with van der Waals surface area (Å²) in [5.74, 6) is -0.0369. The Morgan fingerprint density at radius 1 is 1.53 bits per heavy atom. The maximum absolute atomic E-state index is 11.0. The van der Waals surface area contributed by atoms with Gasteiger partial charge in [0.15, 0.2) is 6.10 Å². The van der Waals surface area contributed by atoms with Crippen molar-refractivity contribution in [2.24, 2.45) is 0 Å². The SMILES string of the molecule is CCCc1c(C)ccc2c1OC(C(=O)O)CC2. The van der Waals surface area contributed by atoms with E-state index in [1.54, 1.807) is 0 Å². The summed E-state index contributed by atoms with van der Waals surface area (Å²) in [4.78, 5) is 11.0. The number of rotatable bonds is 3. The maximum Gasteiger partial charge on any atom is 0.344 e. The molecule has 92 valence electrons. The van der Waals surface area contributed by atoms with Crippen molar-refractivity contribution in [2.75, 3.05) is 0 Å². The van der Waals surface area contributed by atoms with Gasteiger partial charge in [-0.2, -0.15) is 0 Å². The van der Waals surface area contributed by atoms with Crippen LogP contribution in [-0.4, -0.2) is 17.2 Å². The molecule has 3 heteroatoms. The average Bonchev–Trinajstić information content (AvgIpc) is 2.32. The third-order valence-corrected chi connectivity index (χ3v) is 3.29. The molecule has 1 aromatic rings. The van der Waals surface area contributed by atoms with E-state index in [2.05, 4.69) is 26.0 Å². The van der Waals surface area contributed by atoms with E-state index in [1.807, 2.05) is 0 Å². The summed E-state index contributed by atoms with van der Waals surface area (Å²) < 4.78 is 5.66. The van der Waals surface area contributed by atoms with Gasteiger partial charge in [0.2, 0.25) is 0 Å². The van der Waals surface area contributed by atoms with Gasteiger partial charge < -0.3 is 9.84 Å². The number of carboxylic acid groups (broad SMARTS) is 1. The molecule has 3 nitrogen and oxygen atoms in total. The van der Waals surface area contributed by atoms with Crippen molar-refractivity contribution in [3.8, 4) is 5.75 Å². The monoisotopic (exact) mass is 234 g/mol. The fraction of sp³-hybridized carbons (Fsp3) is 0.500. The molecule has 2 rings (SSSR count). The molecule has 17 heavy (non-hydrogen) atoms. The molecule has 1 aliphatic heterocycles. The van der Waals surface area contributed by atoms with Gasteiger partial charge >= 0.3 is 5.97 Å². The molecular weight excluding hydrogens is 216 g/mol. The molecule has 0 fully saturated rings. The van der Waals surface area contributed by atoms with Crippen molar-refractivity contribution >= 4 is 5.97 Å². The van der Waals surface area contributed by atoms with Gasteiger partial charge in [-0.1, -0.05) is 25.5 Å². The molecule has 0 bridgehead atoms. The minimum atomic E-state index is -0.861. The van der Waals surface area contributed by atoms with E-state index in [0.717, 1.165) is 30.6 Å². The van der Waals surface area contributed by atoms with Crippen LogP contribution in [0.1, 0.15) is 36.5 Å². The molecule has 1 N–H and O–H groups in total. The summed E-state index contributed by atoms with van der Waals surface area (Å²) in [5.41, 5.74) is 3.52. The topological polar surface area (TPSA) is 46.5 Å². The third kappa shape index (κ3) is 2.28. The lowest BCUT2D eigenvalue weighted by atomic mass is 9.94. The maximum atomic E-state index is 11.0. The van der Waals surface area contributed by atoms with Crippen LogP contribution in [-0.2, 0) is 17.6 Å². The van der Waals surface area contributed by atoms with Crippen LogP contribution in [0.3, 0.4) is 0 Å². The summed E-state index contributed by atoms with van der Waals surface area (Å²) in [6.45, 7) is 4.18. The van der Waals surface area contributed by atoms with Crippen LogP contribution < -0.4 is 4.74 Å². The minimum Gasteiger partial charge on any atom is -0.479 e. The standard InChI is InChI=1S/C14H18O3/c1-3-4-11-9(2)5-6-10-7-8-12(14(15)16)17-13(10)11/h5-6,12H,3-4,7-8H2,1-2H3,(H,15,16). The first-order valence-electron chi connectivity index (χ1n) is 6.14. The van der Waals surface area contributed by atoms with Crippen molar-refractivity contribution < 1.29 is 14.6 Å². The fourth-order valence-electron chi connectivity index (χ4n) is 2.34. The van der Waals surface area contributed by atoms with Gasteiger partial charge in [-0.25, -0.2) is 4.79 Å². The van der Waals surface area contributed by atoms with Gasteiger partial charge in [0.25, 0.3) is 0 Å². The molecule has 0 amide bonds. The zero-order chi connectivity index (χ0) is 12.4. The summed E-state index contributed by atoms with van der Waals surface area (Å²) >= 11 is 0. The highest BCUT2D eigenvalue weighted by Crippen LogP contribution is 2.34. The number of fused-ring (bicyclic) bond motifs is 1. The third-order valence-electron chi connectivity index (χ3n) is 3.29. The van der Waals surface area contributed by atoms with Crippen LogP contribution in [0.2, 0.25) is 0 Å². The lowest BCUT2D eigenvalue weighted by Crippen LogP contribution is -2.31. The number of ether oxygens (including phenoxy) is 1. The van der Waals surface area contributed by atoms with E-state index in [9.17, 15) is 4.79 Å². The molecule has 1 unspecified atom stereocenters. The first-order valence-corrected chi connectivity index (χ1v) is 6.14. The molecule has 1 atom stereocenters. The smallest absolute Gasteiger partial charge is 0.344 e. The molecular formula is C14H18O3. The number of aryl methyl sites for hydroxylation is 2. The molecule has 0 aromatic heterocycles. The summed E-state index contributed by atoms with van der Waals surface area (Å²) in [7, 11) is 0. The summed E-state index contributed by atoms with van der Waals surface area (Å²) in [6, 6.07) is 4.16. The van der Waals surface area contributed by atoms with E-state index in [4.69, 9.17) is 9.84 Å². The van der Waals surface area contributed by atoms with E-state index < -0.39 is 12.1 Å². The second-order valence-electron chi connectivity index (χ2n) is 4.58. The highest BCUT2D eigenvalue weighted by atomic mass is 16.5. The number of carboxylic acids is 1. The first-order chi connectivity index (χ1) is 8.13. The van der Waals surface area contributed by atoms with Crippen molar-refractivity contribution in [3.63, 3.8) is 0 Å². The normalized spacial score (nSPS) is 18.4. The quantitative estimate of drug-likeness (QED) is 0.874. The number of aliphatic carboxylic acids is 1. The number of benzene rings is 1. The molecule has 0 spiro atoms. The molecule has 0 aliphatic carbocycles. The van der Waals surface area contributed by atoms with Crippen LogP contribution in [0.15, 0.2) is 12.1 Å². The van der Waals surface area contributed by atoms with Gasteiger partial charge in [0, 0.05) is 0 Å². The summed E-state index contributed by atoms with van der Waals surface area (Å²) in [6.07, 6.45) is 2.67. The van der Waals surface area contributed by atoms with Crippen molar-refractivity contribution in [1.82, 2.24) is 0 Å². The Morgan fingerprint density at radius 2 is 2.29 bits per heavy atom. The zero-order valence-corrected chi connectivity index (χ0v) is 10.3. The largest absolute Gasteiger partial charge is 0.479 e. The predicted molar refractivity (Wildman–Crippen MR) is 65.5 cm³/mol. The highest BCUT2D eigenvalue weighted by molar-refractivity contribution is 5.73. The van der Waals surface area contributed by atoms with E-state index in [0.29, 0.717) is 6.42 Å². The second kappa shape index (κ2) is 4.78. The van der Waals surface area contributed by atoms with Gasteiger partial charge in [0.1, 0.15) is 5.75 Å². The predicted octanol–water partition coefficient (Wildman–Crippen LogP) is 2.73. The Bertz CT molecular complexity index is 437. The van der Waals surface area contributed by atoms with E-state index >= 15 is 0 Å². The van der Waals surface area contributed by atoms with Gasteiger partial charge in [-0.15, -0.1) is 0 Å². The van der Waals surface area contributed by atoms with Crippen molar-refractivity contribution in [3.05, 3.63) is 28.8 Å². The number of hydrogen-bond donors (Lipinski definition) is 1. The Balaban J connectivity index is 2.39. The van der Waals surface area contributed by atoms with E-state index in [1.165, 1.54) is 11.1 Å². The van der Waals surface area contributed by atoms with Gasteiger partial charge in [-0.3, -0.25) is 0 Å². The molecule has 0 radical (unpaired) electrons. The van der Waals surface area contributed by atoms with Crippen molar-refractivity contribution in [1.29, 1.82) is 0 Å². The summed E-state index contributed by atoms with van der Waals surface area (Å²) in [5, 5.41) is 9.03. The highest BCUT2D eigenvalue weighted by Gasteiger charge is 2.27. The molecule has 1 aromatic carbocycles. The Labute approximate surface area is 101 Å². The zero-order valence-electron chi connectivity index (χ0n) is 10.3. The van der Waals surface area contributed by atoms with Gasteiger partial charge in [-0.05, 0) is 42.9 Å². The average molecular weight is 234 g/mol. The van der Waals surface area contributed by atoms with E-state index in [-0.39, 0.29) is 0 Å². The first kappa shape index (κ1) is 12.0. The molecule has 0 saturated carbocycles. The lowest BCUT2D eigenvalue weighted by Gasteiger charge is -2.26. The van der Waals surface area contributed by atoms with Crippen LogP contribution in [0, 0.1) is 6.92 Å². The van der Waals surface area contributed by atoms with Crippen LogP contribution >= 0.6 is 0 Å². The minimum absolute atomic E-state index is 0.566. The molecule has 1 heterocycles. The molecule has 0 saturated heterocycles. The van der Waals surface area contributed by atoms with Crippen molar-refractivity contribution in [2.45, 2.75) is 45.6 Å². The lowest BCUT2D eigenvalue weighted by molar-refractivity contribution is -0.145. The Hall–Kier alpha value is -1.51. The Kier molecular flexibility index (Phi) is 3.36. The Morgan fingerprint density at radius 3 is 2.94 bits per heavy atom. The number of hydrogen-bond acceptors (Lipinski definition) is 2. The number of carbonyl (C=O) groups is 1. The van der Waals surface area contributed by atoms with Crippen LogP contribution in [0.5, 0.6) is 5.75 Å². The van der Waals surface area contributed by atoms with Crippen LogP contribution in [0.4, 0.5) is 0 Å². The fourth-order valence-corrected chi connectivity index (χ4v) is 2.34. The second-order valence-corrected chi connectivity index (χ2v) is 4.58. The van der Waals surface area contributed by atoms with Gasteiger partial charge in [0.05, 0.1) is 0 Å².